The highest BCUT2D eigenvalue weighted by Crippen LogP contribution is 2.23. The summed E-state index contributed by atoms with van der Waals surface area (Å²) < 4.78 is 6.10. The zero-order valence-electron chi connectivity index (χ0n) is 14.2. The van der Waals surface area contributed by atoms with E-state index in [1.54, 1.807) is 55.5 Å². The van der Waals surface area contributed by atoms with Crippen LogP contribution < -0.4 is 0 Å². The van der Waals surface area contributed by atoms with Crippen molar-refractivity contribution in [3.05, 3.63) is 81.9 Å². The van der Waals surface area contributed by atoms with Crippen molar-refractivity contribution < 1.29 is 19.7 Å². The average molecular weight is 462 g/mol. The van der Waals surface area contributed by atoms with Gasteiger partial charge >= 0.3 is 5.97 Å². The van der Waals surface area contributed by atoms with Crippen LogP contribution in [0.15, 0.2) is 72.8 Å². The molecule has 26 heavy (non-hydrogen) atoms. The van der Waals surface area contributed by atoms with Crippen LogP contribution in [0.3, 0.4) is 0 Å². The first kappa shape index (κ1) is 19.8. The van der Waals surface area contributed by atoms with Crippen LogP contribution in [0.4, 0.5) is 0 Å². The number of halogens is 1. The first-order chi connectivity index (χ1) is 12.5. The molecule has 0 spiro atoms. The molecule has 0 aliphatic heterocycles. The van der Waals surface area contributed by atoms with Gasteiger partial charge in [-0.05, 0) is 89.2 Å². The number of aromatic hydroxyl groups is 2. The van der Waals surface area contributed by atoms with Gasteiger partial charge < -0.3 is 14.9 Å². The zero-order chi connectivity index (χ0) is 18.9. The van der Waals surface area contributed by atoms with Crippen molar-refractivity contribution in [1.29, 1.82) is 0 Å². The molecule has 5 heteroatoms. The first-order valence-corrected chi connectivity index (χ1v) is 9.08. The van der Waals surface area contributed by atoms with Gasteiger partial charge in [-0.2, -0.15) is 0 Å². The van der Waals surface area contributed by atoms with Gasteiger partial charge in [-0.15, -0.1) is 0 Å². The highest BCUT2D eigenvalue weighted by molar-refractivity contribution is 14.1. The highest BCUT2D eigenvalue weighted by atomic mass is 127. The van der Waals surface area contributed by atoms with Gasteiger partial charge in [0.2, 0.25) is 0 Å². The quantitative estimate of drug-likeness (QED) is 0.413. The van der Waals surface area contributed by atoms with Crippen LogP contribution in [-0.4, -0.2) is 22.8 Å². The van der Waals surface area contributed by atoms with Crippen LogP contribution in [0.1, 0.15) is 17.3 Å². The van der Waals surface area contributed by atoms with E-state index >= 15 is 0 Å². The number of esters is 1. The van der Waals surface area contributed by atoms with Crippen LogP contribution >= 0.6 is 22.6 Å². The third-order valence-corrected chi connectivity index (χ3v) is 4.12. The Morgan fingerprint density at radius 1 is 0.885 bits per heavy atom. The Bertz CT molecular complexity index is 822. The van der Waals surface area contributed by atoms with Crippen molar-refractivity contribution in [3.8, 4) is 22.6 Å². The lowest BCUT2D eigenvalue weighted by Crippen LogP contribution is -2.04. The second kappa shape index (κ2) is 9.82. The number of rotatable bonds is 3. The fraction of sp³-hybridized carbons (Fsp3) is 0.0952. The molecule has 0 fully saturated rings. The topological polar surface area (TPSA) is 66.8 Å². The van der Waals surface area contributed by atoms with Crippen LogP contribution in [0.2, 0.25) is 0 Å². The van der Waals surface area contributed by atoms with E-state index in [4.69, 9.17) is 9.84 Å². The molecule has 0 bridgehead atoms. The van der Waals surface area contributed by atoms with Gasteiger partial charge in [0.1, 0.15) is 11.5 Å². The summed E-state index contributed by atoms with van der Waals surface area (Å²) in [5.74, 6) is 0.226. The SMILES string of the molecule is CCOC(=O)c1cccc(-c2ccc(O)cc2)c1.Oc1ccc(I)cc1. The number of carbonyl (C=O) groups is 1. The Labute approximate surface area is 166 Å². The number of benzene rings is 3. The van der Waals surface area contributed by atoms with Gasteiger partial charge in [0.15, 0.2) is 0 Å². The molecule has 0 aromatic heterocycles. The van der Waals surface area contributed by atoms with E-state index in [1.807, 2.05) is 24.3 Å². The van der Waals surface area contributed by atoms with Crippen molar-refractivity contribution >= 4 is 28.6 Å². The molecular weight excluding hydrogens is 443 g/mol. The molecule has 0 aliphatic carbocycles. The zero-order valence-corrected chi connectivity index (χ0v) is 16.4. The molecule has 0 saturated heterocycles. The lowest BCUT2D eigenvalue weighted by Gasteiger charge is -2.05. The Hall–Kier alpha value is -2.54. The maximum atomic E-state index is 11.6. The van der Waals surface area contributed by atoms with Crippen molar-refractivity contribution in [1.82, 2.24) is 0 Å². The van der Waals surface area contributed by atoms with E-state index in [0.717, 1.165) is 14.7 Å². The monoisotopic (exact) mass is 462 g/mol. The van der Waals surface area contributed by atoms with E-state index in [-0.39, 0.29) is 11.7 Å². The number of ether oxygens (including phenoxy) is 1. The molecule has 3 aromatic rings. The molecule has 134 valence electrons. The van der Waals surface area contributed by atoms with E-state index in [9.17, 15) is 9.90 Å². The molecular formula is C21H19IO4. The number of hydrogen-bond donors (Lipinski definition) is 2. The Morgan fingerprint density at radius 2 is 1.46 bits per heavy atom. The number of phenols is 2. The summed E-state index contributed by atoms with van der Waals surface area (Å²) in [5, 5.41) is 18.0. The minimum absolute atomic E-state index is 0.222. The lowest BCUT2D eigenvalue weighted by molar-refractivity contribution is 0.0526. The van der Waals surface area contributed by atoms with Crippen LogP contribution in [0.25, 0.3) is 11.1 Å². The summed E-state index contributed by atoms with van der Waals surface area (Å²) in [6, 6.07) is 21.1. The lowest BCUT2D eigenvalue weighted by atomic mass is 10.0. The number of hydrogen-bond acceptors (Lipinski definition) is 4. The second-order valence-corrected chi connectivity index (χ2v) is 6.57. The minimum atomic E-state index is -0.321. The maximum Gasteiger partial charge on any atom is 0.338 e. The van der Waals surface area contributed by atoms with Crippen molar-refractivity contribution in [2.75, 3.05) is 6.61 Å². The molecule has 2 N–H and O–H groups in total. The van der Waals surface area contributed by atoms with Gasteiger partial charge in [0, 0.05) is 3.57 Å². The molecule has 0 heterocycles. The number of phenolic OH excluding ortho intramolecular Hbond substituents is 2. The Kier molecular flexibility index (Phi) is 7.47. The van der Waals surface area contributed by atoms with Gasteiger partial charge in [-0.3, -0.25) is 0 Å². The fourth-order valence-corrected chi connectivity index (χ4v) is 2.49. The predicted octanol–water partition coefficient (Wildman–Crippen LogP) is 5.23. The molecule has 0 unspecified atom stereocenters. The molecule has 0 radical (unpaired) electrons. The Balaban J connectivity index is 0.000000254. The largest absolute Gasteiger partial charge is 0.508 e. The van der Waals surface area contributed by atoms with E-state index in [0.29, 0.717) is 17.9 Å². The van der Waals surface area contributed by atoms with Gasteiger partial charge in [-0.25, -0.2) is 4.79 Å². The standard InChI is InChI=1S/C15H14O3.C6H5IO/c1-2-18-15(17)13-5-3-4-12(10-13)11-6-8-14(16)9-7-11;7-5-1-3-6(8)4-2-5/h3-10,16H,2H2,1H3;1-4,8H. The normalized spacial score (nSPS) is 9.77. The summed E-state index contributed by atoms with van der Waals surface area (Å²) >= 11 is 2.19. The molecule has 4 nitrogen and oxygen atoms in total. The van der Waals surface area contributed by atoms with Gasteiger partial charge in [0.05, 0.1) is 12.2 Å². The molecule has 0 amide bonds. The summed E-state index contributed by atoms with van der Waals surface area (Å²) in [6.45, 7) is 2.14. The summed E-state index contributed by atoms with van der Waals surface area (Å²) in [5.41, 5.74) is 2.39. The minimum Gasteiger partial charge on any atom is -0.508 e. The molecule has 3 rings (SSSR count). The summed E-state index contributed by atoms with van der Waals surface area (Å²) in [6.07, 6.45) is 0. The third-order valence-electron chi connectivity index (χ3n) is 3.40. The fourth-order valence-electron chi connectivity index (χ4n) is 2.14. The van der Waals surface area contributed by atoms with Gasteiger partial charge in [-0.1, -0.05) is 24.3 Å². The molecule has 0 atom stereocenters. The second-order valence-electron chi connectivity index (χ2n) is 5.32. The van der Waals surface area contributed by atoms with E-state index < -0.39 is 0 Å². The third kappa shape index (κ3) is 6.07. The van der Waals surface area contributed by atoms with Crippen molar-refractivity contribution in [2.45, 2.75) is 6.92 Å². The highest BCUT2D eigenvalue weighted by Gasteiger charge is 2.07. The predicted molar refractivity (Wildman–Crippen MR) is 110 cm³/mol. The maximum absolute atomic E-state index is 11.6. The Morgan fingerprint density at radius 3 is 2.00 bits per heavy atom. The average Bonchev–Trinajstić information content (AvgIpc) is 2.66. The van der Waals surface area contributed by atoms with Crippen molar-refractivity contribution in [3.63, 3.8) is 0 Å². The van der Waals surface area contributed by atoms with E-state index in [1.165, 1.54) is 0 Å². The summed E-state index contributed by atoms with van der Waals surface area (Å²) in [4.78, 5) is 11.6. The number of carbonyl (C=O) groups excluding carboxylic acids is 1. The summed E-state index contributed by atoms with van der Waals surface area (Å²) in [7, 11) is 0. The van der Waals surface area contributed by atoms with Gasteiger partial charge in [0.25, 0.3) is 0 Å². The van der Waals surface area contributed by atoms with Crippen LogP contribution in [0.5, 0.6) is 11.5 Å². The van der Waals surface area contributed by atoms with Crippen LogP contribution in [-0.2, 0) is 4.74 Å². The van der Waals surface area contributed by atoms with Crippen LogP contribution in [0, 0.1) is 3.57 Å². The molecule has 0 aliphatic rings. The molecule has 0 saturated carbocycles. The molecule has 3 aromatic carbocycles. The van der Waals surface area contributed by atoms with E-state index in [2.05, 4.69) is 22.6 Å². The smallest absolute Gasteiger partial charge is 0.338 e. The first-order valence-electron chi connectivity index (χ1n) is 8.00. The van der Waals surface area contributed by atoms with Crippen molar-refractivity contribution in [2.24, 2.45) is 0 Å².